The number of carboxylic acids is 1. The largest absolute Gasteiger partial charge is 0.481 e. The molecule has 1 aliphatic rings. The third-order valence-corrected chi connectivity index (χ3v) is 3.61. The molecule has 5 unspecified atom stereocenters. The Morgan fingerprint density at radius 3 is 2.11 bits per heavy atom. The van der Waals surface area contributed by atoms with Crippen molar-refractivity contribution in [2.24, 2.45) is 17.8 Å². The van der Waals surface area contributed by atoms with Crippen molar-refractivity contribution in [2.75, 3.05) is 0 Å². The van der Waals surface area contributed by atoms with Crippen molar-refractivity contribution in [3.8, 4) is 0 Å². The Kier molecular flexibility index (Phi) is 5.13. The maximum Gasteiger partial charge on any atom is 0.306 e. The molecule has 5 atom stereocenters. The van der Waals surface area contributed by atoms with Gasteiger partial charge in [-0.15, -0.1) is 0 Å². The minimum Gasteiger partial charge on any atom is -0.481 e. The van der Waals surface area contributed by atoms with Crippen molar-refractivity contribution in [3.05, 3.63) is 0 Å². The average Bonchev–Trinajstić information content (AvgIpc) is 2.22. The van der Waals surface area contributed by atoms with Gasteiger partial charge in [-0.25, -0.2) is 0 Å². The van der Waals surface area contributed by atoms with Crippen LogP contribution in [0.1, 0.15) is 34.1 Å². The molecule has 0 aromatic rings. The maximum atomic E-state index is 11.3. The number of hydrogen-bond acceptors (Lipinski definition) is 4. The molecule has 0 heterocycles. The summed E-state index contributed by atoms with van der Waals surface area (Å²) in [5.41, 5.74) is 0. The average molecular weight is 260 g/mol. The zero-order valence-corrected chi connectivity index (χ0v) is 11.4. The van der Waals surface area contributed by atoms with Crippen LogP contribution in [-0.2, 0) is 9.53 Å². The normalized spacial score (nSPS) is 37.2. The number of aliphatic carboxylic acids is 1. The SMILES string of the molecule is CC(C)OC1CC(C(=O)O)C(C(C)C)C(O)C1O. The van der Waals surface area contributed by atoms with Crippen LogP contribution in [0.3, 0.4) is 0 Å². The summed E-state index contributed by atoms with van der Waals surface area (Å²) in [6.07, 6.45) is -2.55. The van der Waals surface area contributed by atoms with E-state index in [2.05, 4.69) is 0 Å². The van der Waals surface area contributed by atoms with Crippen LogP contribution in [0, 0.1) is 17.8 Å². The van der Waals surface area contributed by atoms with Crippen LogP contribution >= 0.6 is 0 Å². The van der Waals surface area contributed by atoms with Crippen LogP contribution in [0.5, 0.6) is 0 Å². The molecule has 0 bridgehead atoms. The molecular weight excluding hydrogens is 236 g/mol. The Morgan fingerprint density at radius 2 is 1.72 bits per heavy atom. The van der Waals surface area contributed by atoms with Crippen molar-refractivity contribution < 1.29 is 24.9 Å². The van der Waals surface area contributed by atoms with Crippen molar-refractivity contribution in [3.63, 3.8) is 0 Å². The molecule has 0 spiro atoms. The van der Waals surface area contributed by atoms with Gasteiger partial charge in [-0.05, 0) is 26.2 Å². The van der Waals surface area contributed by atoms with Gasteiger partial charge in [0.25, 0.3) is 0 Å². The molecule has 0 saturated heterocycles. The summed E-state index contributed by atoms with van der Waals surface area (Å²) in [6.45, 7) is 7.37. The van der Waals surface area contributed by atoms with Gasteiger partial charge in [-0.3, -0.25) is 4.79 Å². The van der Waals surface area contributed by atoms with E-state index in [0.717, 1.165) is 0 Å². The highest BCUT2D eigenvalue weighted by Gasteiger charge is 2.48. The first-order valence-electron chi connectivity index (χ1n) is 6.50. The zero-order valence-electron chi connectivity index (χ0n) is 11.4. The molecule has 1 aliphatic carbocycles. The van der Waals surface area contributed by atoms with E-state index in [0.29, 0.717) is 0 Å². The lowest BCUT2D eigenvalue weighted by Gasteiger charge is -2.43. The summed E-state index contributed by atoms with van der Waals surface area (Å²) in [7, 11) is 0. The molecule has 5 heteroatoms. The topological polar surface area (TPSA) is 87.0 Å². The Labute approximate surface area is 108 Å². The van der Waals surface area contributed by atoms with Crippen LogP contribution < -0.4 is 0 Å². The second-order valence-electron chi connectivity index (χ2n) is 5.71. The monoisotopic (exact) mass is 260 g/mol. The van der Waals surface area contributed by atoms with E-state index in [-0.39, 0.29) is 18.4 Å². The summed E-state index contributed by atoms with van der Waals surface area (Å²) in [5.74, 6) is -2.05. The van der Waals surface area contributed by atoms with E-state index in [1.807, 2.05) is 27.7 Å². The quantitative estimate of drug-likeness (QED) is 0.698. The van der Waals surface area contributed by atoms with Crippen molar-refractivity contribution in [1.82, 2.24) is 0 Å². The highest BCUT2D eigenvalue weighted by Crippen LogP contribution is 2.37. The van der Waals surface area contributed by atoms with Gasteiger partial charge in [-0.2, -0.15) is 0 Å². The van der Waals surface area contributed by atoms with Crippen molar-refractivity contribution >= 4 is 5.97 Å². The first kappa shape index (κ1) is 15.4. The van der Waals surface area contributed by atoms with Gasteiger partial charge in [0, 0.05) is 5.92 Å². The number of aliphatic hydroxyl groups excluding tert-OH is 2. The Bertz CT molecular complexity index is 287. The van der Waals surface area contributed by atoms with Gasteiger partial charge < -0.3 is 20.1 Å². The lowest BCUT2D eigenvalue weighted by molar-refractivity contribution is -0.183. The fourth-order valence-electron chi connectivity index (χ4n) is 2.84. The van der Waals surface area contributed by atoms with Gasteiger partial charge in [0.15, 0.2) is 0 Å². The molecule has 0 radical (unpaired) electrons. The third kappa shape index (κ3) is 3.22. The Hall–Kier alpha value is -0.650. The van der Waals surface area contributed by atoms with E-state index >= 15 is 0 Å². The number of carbonyl (C=O) groups is 1. The maximum absolute atomic E-state index is 11.3. The van der Waals surface area contributed by atoms with Crippen LogP contribution in [0.2, 0.25) is 0 Å². The predicted octanol–water partition coefficient (Wildman–Crippen LogP) is 0.879. The van der Waals surface area contributed by atoms with Crippen molar-refractivity contribution in [2.45, 2.75) is 58.5 Å². The Morgan fingerprint density at radius 1 is 1.17 bits per heavy atom. The van der Waals surface area contributed by atoms with Crippen LogP contribution in [0.25, 0.3) is 0 Å². The standard InChI is InChI=1S/C13H24O5/c1-6(2)10-8(13(16)17)5-9(18-7(3)4)11(14)12(10)15/h6-12,14-15H,5H2,1-4H3,(H,16,17). The highest BCUT2D eigenvalue weighted by atomic mass is 16.5. The fourth-order valence-corrected chi connectivity index (χ4v) is 2.84. The summed E-state index contributed by atoms with van der Waals surface area (Å²) in [6, 6.07) is 0. The smallest absolute Gasteiger partial charge is 0.306 e. The molecule has 0 aromatic carbocycles. The van der Waals surface area contributed by atoms with E-state index in [1.165, 1.54) is 0 Å². The lowest BCUT2D eigenvalue weighted by Crippen LogP contribution is -2.55. The van der Waals surface area contributed by atoms with Crippen molar-refractivity contribution in [1.29, 1.82) is 0 Å². The van der Waals surface area contributed by atoms with Crippen LogP contribution in [0.15, 0.2) is 0 Å². The molecule has 0 aromatic heterocycles. The van der Waals surface area contributed by atoms with Gasteiger partial charge in [0.2, 0.25) is 0 Å². The molecular formula is C13H24O5. The molecule has 0 aliphatic heterocycles. The Balaban J connectivity index is 2.91. The number of carboxylic acid groups (broad SMARTS) is 1. The first-order valence-corrected chi connectivity index (χ1v) is 6.50. The molecule has 106 valence electrons. The molecule has 5 nitrogen and oxygen atoms in total. The summed E-state index contributed by atoms with van der Waals surface area (Å²) in [5, 5.41) is 29.4. The summed E-state index contributed by atoms with van der Waals surface area (Å²) >= 11 is 0. The van der Waals surface area contributed by atoms with E-state index in [1.54, 1.807) is 0 Å². The van der Waals surface area contributed by atoms with Gasteiger partial charge in [-0.1, -0.05) is 13.8 Å². The molecule has 1 fully saturated rings. The van der Waals surface area contributed by atoms with E-state index in [4.69, 9.17) is 4.74 Å². The van der Waals surface area contributed by atoms with Crippen LogP contribution in [-0.4, -0.2) is 45.7 Å². The summed E-state index contributed by atoms with van der Waals surface area (Å²) in [4.78, 5) is 11.3. The minimum atomic E-state index is -1.05. The zero-order chi connectivity index (χ0) is 14.0. The molecule has 18 heavy (non-hydrogen) atoms. The van der Waals surface area contributed by atoms with E-state index in [9.17, 15) is 20.1 Å². The second kappa shape index (κ2) is 5.99. The van der Waals surface area contributed by atoms with Gasteiger partial charge in [0.1, 0.15) is 6.10 Å². The van der Waals surface area contributed by atoms with E-state index < -0.39 is 36.1 Å². The third-order valence-electron chi connectivity index (χ3n) is 3.61. The summed E-state index contributed by atoms with van der Waals surface area (Å²) < 4.78 is 5.51. The molecule has 1 rings (SSSR count). The molecule has 3 N–H and O–H groups in total. The van der Waals surface area contributed by atoms with Crippen LogP contribution in [0.4, 0.5) is 0 Å². The number of rotatable bonds is 4. The number of ether oxygens (including phenoxy) is 1. The predicted molar refractivity (Wildman–Crippen MR) is 66.1 cm³/mol. The van der Waals surface area contributed by atoms with Gasteiger partial charge in [0.05, 0.1) is 24.2 Å². The minimum absolute atomic E-state index is 0.00394. The second-order valence-corrected chi connectivity index (χ2v) is 5.71. The molecule has 0 amide bonds. The highest BCUT2D eigenvalue weighted by molar-refractivity contribution is 5.70. The first-order chi connectivity index (χ1) is 8.25. The lowest BCUT2D eigenvalue weighted by atomic mass is 9.69. The number of aliphatic hydroxyl groups is 2. The van der Waals surface area contributed by atoms with Gasteiger partial charge >= 0.3 is 5.97 Å². The molecule has 1 saturated carbocycles. The number of hydrogen-bond donors (Lipinski definition) is 3. The fraction of sp³-hybridized carbons (Fsp3) is 0.923.